The fourth-order valence-corrected chi connectivity index (χ4v) is 1.48. The van der Waals surface area contributed by atoms with E-state index in [1.54, 1.807) is 0 Å². The van der Waals surface area contributed by atoms with E-state index in [0.717, 1.165) is 38.8 Å². The molecule has 0 aliphatic carbocycles. The number of rotatable bonds is 10. The van der Waals surface area contributed by atoms with Crippen molar-refractivity contribution in [1.29, 1.82) is 0 Å². The lowest BCUT2D eigenvalue weighted by Crippen LogP contribution is -2.30. The zero-order chi connectivity index (χ0) is 12.4. The summed E-state index contributed by atoms with van der Waals surface area (Å²) in [5.41, 5.74) is 0. The summed E-state index contributed by atoms with van der Waals surface area (Å²) in [5.74, 6) is -0.688. The first-order valence-corrected chi connectivity index (χ1v) is 6.12. The molecule has 1 unspecified atom stereocenters. The van der Waals surface area contributed by atoms with E-state index in [4.69, 9.17) is 5.11 Å². The highest BCUT2D eigenvalue weighted by Crippen LogP contribution is 1.99. The molecule has 0 aromatic carbocycles. The standard InChI is InChI=1S/C12H26N2O2/c1-11(8-10-14(2)3)13-9-6-4-5-7-12(15)16/h11,13H,4-10H2,1-3H3,(H,15,16). The molecule has 0 aromatic heterocycles. The van der Waals surface area contributed by atoms with Crippen molar-refractivity contribution in [2.45, 2.75) is 45.1 Å². The van der Waals surface area contributed by atoms with Crippen LogP contribution in [-0.2, 0) is 4.79 Å². The van der Waals surface area contributed by atoms with Gasteiger partial charge in [-0.15, -0.1) is 0 Å². The minimum absolute atomic E-state index is 0.302. The predicted molar refractivity (Wildman–Crippen MR) is 66.7 cm³/mol. The fraction of sp³-hybridized carbons (Fsp3) is 0.917. The predicted octanol–water partition coefficient (Wildman–Crippen LogP) is 1.56. The first-order valence-electron chi connectivity index (χ1n) is 6.12. The van der Waals surface area contributed by atoms with Crippen LogP contribution in [0.15, 0.2) is 0 Å². The summed E-state index contributed by atoms with van der Waals surface area (Å²) in [6.45, 7) is 4.29. The van der Waals surface area contributed by atoms with Crippen LogP contribution in [0.2, 0.25) is 0 Å². The second-order valence-corrected chi connectivity index (χ2v) is 4.65. The molecule has 0 bridgehead atoms. The first kappa shape index (κ1) is 15.4. The van der Waals surface area contributed by atoms with Gasteiger partial charge in [-0.25, -0.2) is 0 Å². The lowest BCUT2D eigenvalue weighted by atomic mass is 10.2. The maximum atomic E-state index is 10.3. The fourth-order valence-electron chi connectivity index (χ4n) is 1.48. The van der Waals surface area contributed by atoms with Gasteiger partial charge in [0.15, 0.2) is 0 Å². The molecule has 4 nitrogen and oxygen atoms in total. The Morgan fingerprint density at radius 3 is 2.56 bits per heavy atom. The molecule has 0 saturated heterocycles. The Kier molecular flexibility index (Phi) is 9.24. The molecular weight excluding hydrogens is 204 g/mol. The van der Waals surface area contributed by atoms with E-state index in [-0.39, 0.29) is 0 Å². The van der Waals surface area contributed by atoms with E-state index in [1.165, 1.54) is 0 Å². The SMILES string of the molecule is CC(CCN(C)C)NCCCCCC(=O)O. The van der Waals surface area contributed by atoms with Crippen LogP contribution in [-0.4, -0.2) is 49.2 Å². The van der Waals surface area contributed by atoms with Crippen LogP contribution in [0, 0.1) is 0 Å². The van der Waals surface area contributed by atoms with E-state index in [0.29, 0.717) is 12.5 Å². The number of unbranched alkanes of at least 4 members (excludes halogenated alkanes) is 2. The molecule has 0 rings (SSSR count). The van der Waals surface area contributed by atoms with E-state index >= 15 is 0 Å². The van der Waals surface area contributed by atoms with Crippen molar-refractivity contribution < 1.29 is 9.90 Å². The molecule has 0 fully saturated rings. The van der Waals surface area contributed by atoms with Crippen LogP contribution in [0.1, 0.15) is 39.0 Å². The van der Waals surface area contributed by atoms with Gasteiger partial charge in [-0.2, -0.15) is 0 Å². The number of carboxylic acids is 1. The lowest BCUT2D eigenvalue weighted by molar-refractivity contribution is -0.137. The number of nitrogens with one attached hydrogen (secondary N) is 1. The summed E-state index contributed by atoms with van der Waals surface area (Å²) in [6, 6.07) is 0.543. The maximum absolute atomic E-state index is 10.3. The summed E-state index contributed by atoms with van der Waals surface area (Å²) in [7, 11) is 4.16. The Balaban J connectivity index is 3.21. The minimum Gasteiger partial charge on any atom is -0.481 e. The van der Waals surface area contributed by atoms with Gasteiger partial charge in [0.1, 0.15) is 0 Å². The van der Waals surface area contributed by atoms with Crippen molar-refractivity contribution in [3.05, 3.63) is 0 Å². The van der Waals surface area contributed by atoms with Gasteiger partial charge < -0.3 is 15.3 Å². The van der Waals surface area contributed by atoms with Crippen molar-refractivity contribution in [2.75, 3.05) is 27.2 Å². The van der Waals surface area contributed by atoms with Crippen LogP contribution in [0.5, 0.6) is 0 Å². The summed E-state index contributed by atoms with van der Waals surface area (Å²) in [5, 5.41) is 11.9. The maximum Gasteiger partial charge on any atom is 0.303 e. The van der Waals surface area contributed by atoms with E-state index < -0.39 is 5.97 Å². The van der Waals surface area contributed by atoms with E-state index in [1.807, 2.05) is 0 Å². The largest absolute Gasteiger partial charge is 0.481 e. The normalized spacial score (nSPS) is 13.0. The van der Waals surface area contributed by atoms with Gasteiger partial charge >= 0.3 is 5.97 Å². The number of carboxylic acid groups (broad SMARTS) is 1. The van der Waals surface area contributed by atoms with Crippen molar-refractivity contribution in [2.24, 2.45) is 0 Å². The van der Waals surface area contributed by atoms with Gasteiger partial charge in [-0.3, -0.25) is 4.79 Å². The molecule has 0 amide bonds. The molecule has 0 spiro atoms. The molecule has 2 N–H and O–H groups in total. The average Bonchev–Trinajstić information content (AvgIpc) is 2.19. The van der Waals surface area contributed by atoms with Crippen molar-refractivity contribution in [3.63, 3.8) is 0 Å². The second kappa shape index (κ2) is 9.60. The summed E-state index contributed by atoms with van der Waals surface area (Å²) < 4.78 is 0. The van der Waals surface area contributed by atoms with Crippen molar-refractivity contribution >= 4 is 5.97 Å². The third kappa shape index (κ3) is 11.5. The Hall–Kier alpha value is -0.610. The van der Waals surface area contributed by atoms with Crippen LogP contribution >= 0.6 is 0 Å². The highest BCUT2D eigenvalue weighted by atomic mass is 16.4. The quantitative estimate of drug-likeness (QED) is 0.559. The molecule has 0 aromatic rings. The molecule has 16 heavy (non-hydrogen) atoms. The molecule has 0 saturated carbocycles. The number of aliphatic carboxylic acids is 1. The van der Waals surface area contributed by atoms with Gasteiger partial charge in [0, 0.05) is 12.5 Å². The molecule has 0 aliphatic heterocycles. The minimum atomic E-state index is -0.688. The Morgan fingerprint density at radius 1 is 1.31 bits per heavy atom. The van der Waals surface area contributed by atoms with Crippen molar-refractivity contribution in [3.8, 4) is 0 Å². The summed E-state index contributed by atoms with van der Waals surface area (Å²) in [6.07, 6.45) is 4.32. The van der Waals surface area contributed by atoms with Crippen LogP contribution in [0.3, 0.4) is 0 Å². The zero-order valence-corrected chi connectivity index (χ0v) is 10.8. The number of hydrogen-bond donors (Lipinski definition) is 2. The Morgan fingerprint density at radius 2 is 2.00 bits per heavy atom. The van der Waals surface area contributed by atoms with Gasteiger partial charge in [0.25, 0.3) is 0 Å². The molecule has 96 valence electrons. The third-order valence-corrected chi connectivity index (χ3v) is 2.57. The van der Waals surface area contributed by atoms with Gasteiger partial charge in [0.05, 0.1) is 0 Å². The first-order chi connectivity index (χ1) is 7.52. The number of carbonyl (C=O) groups is 1. The molecular formula is C12H26N2O2. The monoisotopic (exact) mass is 230 g/mol. The van der Waals surface area contributed by atoms with Crippen LogP contribution in [0.25, 0.3) is 0 Å². The van der Waals surface area contributed by atoms with E-state index in [9.17, 15) is 4.79 Å². The summed E-state index contributed by atoms with van der Waals surface area (Å²) >= 11 is 0. The van der Waals surface area contributed by atoms with Crippen LogP contribution in [0.4, 0.5) is 0 Å². The second-order valence-electron chi connectivity index (χ2n) is 4.65. The highest BCUT2D eigenvalue weighted by Gasteiger charge is 2.01. The lowest BCUT2D eigenvalue weighted by Gasteiger charge is -2.16. The topological polar surface area (TPSA) is 52.6 Å². The molecule has 0 heterocycles. The van der Waals surface area contributed by atoms with Gasteiger partial charge in [-0.05, 0) is 53.4 Å². The molecule has 4 heteroatoms. The van der Waals surface area contributed by atoms with Gasteiger partial charge in [-0.1, -0.05) is 6.42 Å². The van der Waals surface area contributed by atoms with E-state index in [2.05, 4.69) is 31.2 Å². The molecule has 1 atom stereocenters. The zero-order valence-electron chi connectivity index (χ0n) is 10.8. The van der Waals surface area contributed by atoms with Crippen LogP contribution < -0.4 is 5.32 Å². The highest BCUT2D eigenvalue weighted by molar-refractivity contribution is 5.66. The number of hydrogen-bond acceptors (Lipinski definition) is 3. The summed E-state index contributed by atoms with van der Waals surface area (Å²) in [4.78, 5) is 12.5. The van der Waals surface area contributed by atoms with Crippen molar-refractivity contribution in [1.82, 2.24) is 10.2 Å². The molecule has 0 radical (unpaired) electrons. The Labute approximate surface area is 99.0 Å². The van der Waals surface area contributed by atoms with Gasteiger partial charge in [0.2, 0.25) is 0 Å². The Bertz CT molecular complexity index is 184. The third-order valence-electron chi connectivity index (χ3n) is 2.57. The number of nitrogens with zero attached hydrogens (tertiary/aromatic N) is 1. The molecule has 0 aliphatic rings. The average molecular weight is 230 g/mol. The smallest absolute Gasteiger partial charge is 0.303 e.